The number of imidazole rings is 1. The minimum absolute atomic E-state index is 0.0822. The van der Waals surface area contributed by atoms with Gasteiger partial charge >= 0.3 is 5.69 Å². The second-order valence-corrected chi connectivity index (χ2v) is 10.1. The third-order valence-electron chi connectivity index (χ3n) is 7.50. The molecule has 3 heterocycles. The van der Waals surface area contributed by atoms with Gasteiger partial charge in [0.2, 0.25) is 5.52 Å². The molecule has 0 saturated heterocycles. The number of ether oxygens (including phenoxy) is 1. The van der Waals surface area contributed by atoms with Crippen LogP contribution < -0.4 is 4.74 Å². The van der Waals surface area contributed by atoms with Crippen LogP contribution in [0.5, 0.6) is 5.75 Å². The van der Waals surface area contributed by atoms with Gasteiger partial charge in [0.15, 0.2) is 5.78 Å². The molecule has 3 aromatic carbocycles. The highest BCUT2D eigenvalue weighted by molar-refractivity contribution is 6.07. The smallest absolute Gasteiger partial charge is 0.300 e. The number of para-hydroxylation sites is 1. The first-order chi connectivity index (χ1) is 19.6. The normalized spacial score (nSPS) is 13.2. The van der Waals surface area contributed by atoms with Crippen molar-refractivity contribution in [3.8, 4) is 17.1 Å². The Balaban J connectivity index is 0.966. The largest absolute Gasteiger partial charge is 0.494 e. The van der Waals surface area contributed by atoms with E-state index in [9.17, 15) is 14.9 Å². The van der Waals surface area contributed by atoms with Gasteiger partial charge in [0.1, 0.15) is 17.1 Å². The van der Waals surface area contributed by atoms with E-state index in [4.69, 9.17) is 14.3 Å². The van der Waals surface area contributed by atoms with Crippen molar-refractivity contribution in [3.63, 3.8) is 0 Å². The van der Waals surface area contributed by atoms with Crippen molar-refractivity contribution in [2.75, 3.05) is 6.61 Å². The number of nitro groups is 1. The second kappa shape index (κ2) is 11.3. The third kappa shape index (κ3) is 5.04. The number of non-ortho nitro benzene ring substituents is 1. The molecule has 10 heteroatoms. The Morgan fingerprint density at radius 1 is 0.950 bits per heavy atom. The summed E-state index contributed by atoms with van der Waals surface area (Å²) in [6, 6.07) is 17.0. The molecule has 0 unspecified atom stereocenters. The average molecular weight is 540 g/mol. The van der Waals surface area contributed by atoms with E-state index in [1.54, 1.807) is 6.07 Å². The molecule has 1 aliphatic heterocycles. The lowest BCUT2D eigenvalue weighted by atomic mass is 10.0. The number of carbonyl (C=O) groups excluding carboxylic acids is 1. The maximum atomic E-state index is 12.5. The number of hydrogen-bond donors (Lipinski definition) is 0. The van der Waals surface area contributed by atoms with Gasteiger partial charge in [-0.15, -0.1) is 0 Å². The Kier molecular flexibility index (Phi) is 7.22. The Hall–Kier alpha value is -4.60. The van der Waals surface area contributed by atoms with E-state index in [0.717, 1.165) is 90.8 Å². The molecule has 40 heavy (non-hydrogen) atoms. The number of unbranched alkanes of at least 4 members (excludes halogenated alkanes) is 4. The van der Waals surface area contributed by atoms with Crippen molar-refractivity contribution in [3.05, 3.63) is 75.8 Å². The Bertz CT molecular complexity index is 1690. The van der Waals surface area contributed by atoms with Crippen molar-refractivity contribution in [1.82, 2.24) is 19.9 Å². The Morgan fingerprint density at radius 3 is 2.60 bits per heavy atom. The monoisotopic (exact) mass is 539 g/mol. The van der Waals surface area contributed by atoms with Crippen LogP contribution in [0.2, 0.25) is 0 Å². The standard InChI is InChI=1S/C30H29N5O5/c36-26-11-7-18-34-29-23(26)9-6-10-24(29)31-30(34)21-12-15-22(16-13-21)39-19-5-3-1-2-4-8-20-14-17-25(35(37)38)28-27(20)32-40-33-28/h6,9-10,12-17H,1-5,7-8,11,18-19H2. The van der Waals surface area contributed by atoms with Crippen LogP contribution in [0.3, 0.4) is 0 Å². The van der Waals surface area contributed by atoms with Crippen molar-refractivity contribution in [1.29, 1.82) is 0 Å². The minimum atomic E-state index is -0.468. The summed E-state index contributed by atoms with van der Waals surface area (Å²) in [5.41, 5.74) is 5.11. The molecule has 0 N–H and O–H groups in total. The van der Waals surface area contributed by atoms with Crippen molar-refractivity contribution < 1.29 is 19.1 Å². The van der Waals surface area contributed by atoms with Crippen LogP contribution in [0, 0.1) is 10.1 Å². The molecule has 0 saturated carbocycles. The van der Waals surface area contributed by atoms with Crippen LogP contribution in [0.4, 0.5) is 5.69 Å². The lowest BCUT2D eigenvalue weighted by molar-refractivity contribution is -0.383. The van der Waals surface area contributed by atoms with Crippen molar-refractivity contribution >= 4 is 33.5 Å². The third-order valence-corrected chi connectivity index (χ3v) is 7.50. The zero-order valence-electron chi connectivity index (χ0n) is 22.0. The first-order valence-corrected chi connectivity index (χ1v) is 13.7. The molecule has 1 aliphatic rings. The molecule has 5 aromatic rings. The summed E-state index contributed by atoms with van der Waals surface area (Å²) in [5.74, 6) is 1.91. The van der Waals surface area contributed by atoms with Gasteiger partial charge < -0.3 is 9.30 Å². The fraction of sp³-hybridized carbons (Fsp3) is 0.333. The second-order valence-electron chi connectivity index (χ2n) is 10.1. The molecule has 0 radical (unpaired) electrons. The van der Waals surface area contributed by atoms with Gasteiger partial charge in [0.05, 0.1) is 22.6 Å². The first kappa shape index (κ1) is 25.7. The fourth-order valence-electron chi connectivity index (χ4n) is 5.47. The topological polar surface area (TPSA) is 126 Å². The first-order valence-electron chi connectivity index (χ1n) is 13.7. The van der Waals surface area contributed by atoms with Gasteiger partial charge in [-0.05, 0) is 84.0 Å². The van der Waals surface area contributed by atoms with E-state index in [1.165, 1.54) is 6.07 Å². The summed E-state index contributed by atoms with van der Waals surface area (Å²) in [6.45, 7) is 1.43. The maximum Gasteiger partial charge on any atom is 0.300 e. The SMILES string of the molecule is O=C1CCCn2c(-c3ccc(OCCCCCCCc4ccc([N+](=O)[O-])c5nonc45)cc3)nc3cccc1c32. The summed E-state index contributed by atoms with van der Waals surface area (Å²) >= 11 is 0. The maximum absolute atomic E-state index is 12.5. The van der Waals surface area contributed by atoms with E-state index < -0.39 is 4.92 Å². The molecule has 0 bridgehead atoms. The lowest BCUT2D eigenvalue weighted by Gasteiger charge is -2.09. The highest BCUT2D eigenvalue weighted by atomic mass is 16.6. The van der Waals surface area contributed by atoms with Crippen LogP contribution in [0.15, 0.2) is 59.2 Å². The number of nitro benzene ring substituents is 1. The Morgan fingerprint density at radius 2 is 1.75 bits per heavy atom. The molecule has 0 atom stereocenters. The van der Waals surface area contributed by atoms with E-state index in [2.05, 4.69) is 14.9 Å². The predicted octanol–water partition coefficient (Wildman–Crippen LogP) is 6.70. The molecule has 0 fully saturated rings. The molecule has 2 aromatic heterocycles. The summed E-state index contributed by atoms with van der Waals surface area (Å²) in [6.07, 6.45) is 7.26. The number of nitrogens with zero attached hydrogens (tertiary/aromatic N) is 5. The number of hydrogen-bond acceptors (Lipinski definition) is 8. The van der Waals surface area contributed by atoms with Crippen LogP contribution in [0.1, 0.15) is 60.9 Å². The molecule has 204 valence electrons. The average Bonchev–Trinajstić information content (AvgIpc) is 3.56. The van der Waals surface area contributed by atoms with Crippen LogP contribution in [-0.4, -0.2) is 37.2 Å². The van der Waals surface area contributed by atoms with Crippen LogP contribution >= 0.6 is 0 Å². The summed E-state index contributed by atoms with van der Waals surface area (Å²) in [5, 5.41) is 18.7. The van der Waals surface area contributed by atoms with E-state index >= 15 is 0 Å². The fourth-order valence-corrected chi connectivity index (χ4v) is 5.47. The summed E-state index contributed by atoms with van der Waals surface area (Å²) in [7, 11) is 0. The zero-order chi connectivity index (χ0) is 27.5. The number of aryl methyl sites for hydroxylation is 2. The van der Waals surface area contributed by atoms with Gasteiger partial charge in [-0.1, -0.05) is 25.3 Å². The van der Waals surface area contributed by atoms with E-state index in [0.29, 0.717) is 18.5 Å². The number of ketones is 1. The number of fused-ring (bicyclic) bond motifs is 1. The quantitative estimate of drug-likeness (QED) is 0.103. The van der Waals surface area contributed by atoms with E-state index in [-0.39, 0.29) is 17.0 Å². The molecular weight excluding hydrogens is 510 g/mol. The van der Waals surface area contributed by atoms with Crippen LogP contribution in [-0.2, 0) is 13.0 Å². The highest BCUT2D eigenvalue weighted by Crippen LogP contribution is 2.31. The number of Topliss-reactive ketones (excluding diaryl/α,β-unsaturated/α-hetero) is 1. The van der Waals surface area contributed by atoms with E-state index in [1.807, 2.05) is 42.5 Å². The van der Waals surface area contributed by atoms with Crippen molar-refractivity contribution in [2.24, 2.45) is 0 Å². The number of rotatable bonds is 11. The van der Waals surface area contributed by atoms with Gasteiger partial charge in [-0.3, -0.25) is 14.9 Å². The zero-order valence-corrected chi connectivity index (χ0v) is 22.0. The minimum Gasteiger partial charge on any atom is -0.494 e. The molecule has 0 amide bonds. The number of aromatic nitrogens is 4. The molecule has 0 spiro atoms. The molecule has 6 rings (SSSR count). The molecular formula is C30H29N5O5. The number of benzene rings is 3. The van der Waals surface area contributed by atoms with Gasteiger partial charge in [-0.2, -0.15) is 0 Å². The van der Waals surface area contributed by atoms with Gasteiger partial charge in [0.25, 0.3) is 0 Å². The van der Waals surface area contributed by atoms with Crippen LogP contribution in [0.25, 0.3) is 33.5 Å². The molecule has 10 nitrogen and oxygen atoms in total. The number of carbonyl (C=O) groups is 1. The Labute approximate surface area is 230 Å². The summed E-state index contributed by atoms with van der Waals surface area (Å²) in [4.78, 5) is 28.0. The van der Waals surface area contributed by atoms with Crippen molar-refractivity contribution in [2.45, 2.75) is 57.9 Å². The predicted molar refractivity (Wildman–Crippen MR) is 149 cm³/mol. The molecule has 0 aliphatic carbocycles. The van der Waals surface area contributed by atoms with Gasteiger partial charge in [0, 0.05) is 30.2 Å². The van der Waals surface area contributed by atoms with Gasteiger partial charge in [-0.25, -0.2) is 9.61 Å². The lowest BCUT2D eigenvalue weighted by Crippen LogP contribution is -2.00. The highest BCUT2D eigenvalue weighted by Gasteiger charge is 2.22. The summed E-state index contributed by atoms with van der Waals surface area (Å²) < 4.78 is 12.9.